The highest BCUT2D eigenvalue weighted by atomic mass is 32.2. The van der Waals surface area contributed by atoms with Crippen molar-refractivity contribution in [1.29, 1.82) is 0 Å². The summed E-state index contributed by atoms with van der Waals surface area (Å²) in [5.74, 6) is -0.0126. The molecule has 0 radical (unpaired) electrons. The number of ketones is 1. The van der Waals surface area contributed by atoms with Gasteiger partial charge in [0.25, 0.3) is 0 Å². The van der Waals surface area contributed by atoms with Gasteiger partial charge in [0.15, 0.2) is 5.78 Å². The monoisotopic (exact) mass is 270 g/mol. The van der Waals surface area contributed by atoms with Crippen LogP contribution in [0.2, 0.25) is 0 Å². The number of aromatic nitrogens is 1. The van der Waals surface area contributed by atoms with Crippen molar-refractivity contribution < 1.29 is 4.79 Å². The normalized spacial score (nSPS) is 11.1. The summed E-state index contributed by atoms with van der Waals surface area (Å²) in [5, 5.41) is 3.96. The fraction of sp³-hybridized carbons (Fsp3) is 0.0667. The van der Waals surface area contributed by atoms with Crippen LogP contribution >= 0.6 is 11.8 Å². The molecule has 0 atom stereocenters. The van der Waals surface area contributed by atoms with Crippen LogP contribution < -0.4 is 5.32 Å². The number of anilines is 1. The fourth-order valence-electron chi connectivity index (χ4n) is 1.53. The Hall–Kier alpha value is -2.07. The molecule has 0 aliphatic carbocycles. The Balaban J connectivity index is 2.13. The summed E-state index contributed by atoms with van der Waals surface area (Å²) in [6.07, 6.45) is 6.96. The SMILES string of the molecule is CS/C(=C/C(=O)c1ccccc1)Nc1cccnc1. The molecule has 0 unspecified atom stereocenters. The molecule has 0 saturated carbocycles. The zero-order valence-corrected chi connectivity index (χ0v) is 11.4. The second kappa shape index (κ2) is 6.75. The maximum absolute atomic E-state index is 12.1. The number of thioether (sulfide) groups is 1. The third-order valence-electron chi connectivity index (χ3n) is 2.47. The number of pyridine rings is 1. The second-order valence-corrected chi connectivity index (χ2v) is 4.66. The Kier molecular flexibility index (Phi) is 4.75. The molecule has 0 saturated heterocycles. The third-order valence-corrected chi connectivity index (χ3v) is 3.13. The van der Waals surface area contributed by atoms with Crippen LogP contribution in [0.25, 0.3) is 0 Å². The predicted molar refractivity (Wildman–Crippen MR) is 80.2 cm³/mol. The first-order valence-corrected chi connectivity index (χ1v) is 7.04. The summed E-state index contributed by atoms with van der Waals surface area (Å²) < 4.78 is 0. The van der Waals surface area contributed by atoms with Gasteiger partial charge in [0.1, 0.15) is 0 Å². The van der Waals surface area contributed by atoms with Crippen LogP contribution in [0.1, 0.15) is 10.4 Å². The molecular formula is C15H14N2OS. The van der Waals surface area contributed by atoms with E-state index in [4.69, 9.17) is 0 Å². The number of nitrogens with zero attached hydrogens (tertiary/aromatic N) is 1. The molecule has 2 rings (SSSR count). The van der Waals surface area contributed by atoms with Gasteiger partial charge in [-0.05, 0) is 18.4 Å². The van der Waals surface area contributed by atoms with E-state index in [0.29, 0.717) is 5.56 Å². The molecule has 1 N–H and O–H groups in total. The first kappa shape index (κ1) is 13.4. The molecule has 4 heteroatoms. The van der Waals surface area contributed by atoms with Gasteiger partial charge in [0.2, 0.25) is 0 Å². The molecule has 19 heavy (non-hydrogen) atoms. The number of benzene rings is 1. The quantitative estimate of drug-likeness (QED) is 0.666. The van der Waals surface area contributed by atoms with Gasteiger partial charge in [0.05, 0.1) is 16.9 Å². The van der Waals surface area contributed by atoms with Gasteiger partial charge in [-0.1, -0.05) is 30.3 Å². The van der Waals surface area contributed by atoms with Gasteiger partial charge in [-0.3, -0.25) is 9.78 Å². The van der Waals surface area contributed by atoms with E-state index < -0.39 is 0 Å². The van der Waals surface area contributed by atoms with E-state index >= 15 is 0 Å². The third kappa shape index (κ3) is 3.96. The van der Waals surface area contributed by atoms with Gasteiger partial charge in [0, 0.05) is 17.8 Å². The van der Waals surface area contributed by atoms with E-state index in [9.17, 15) is 4.79 Å². The molecule has 96 valence electrons. The van der Waals surface area contributed by atoms with E-state index in [-0.39, 0.29) is 5.78 Å². The molecule has 0 aliphatic heterocycles. The van der Waals surface area contributed by atoms with Gasteiger partial charge < -0.3 is 5.32 Å². The number of hydrogen-bond acceptors (Lipinski definition) is 4. The number of rotatable bonds is 5. The number of carbonyl (C=O) groups is 1. The van der Waals surface area contributed by atoms with Crippen molar-refractivity contribution >= 4 is 23.2 Å². The van der Waals surface area contributed by atoms with Crippen LogP contribution in [0.15, 0.2) is 66.0 Å². The van der Waals surface area contributed by atoms with Gasteiger partial charge in [-0.25, -0.2) is 0 Å². The average molecular weight is 270 g/mol. The van der Waals surface area contributed by atoms with Crippen LogP contribution in [0.3, 0.4) is 0 Å². The summed E-state index contributed by atoms with van der Waals surface area (Å²) in [5.41, 5.74) is 1.55. The topological polar surface area (TPSA) is 42.0 Å². The lowest BCUT2D eigenvalue weighted by molar-refractivity contribution is 0.104. The number of hydrogen-bond donors (Lipinski definition) is 1. The van der Waals surface area contributed by atoms with E-state index in [1.165, 1.54) is 11.8 Å². The largest absolute Gasteiger partial charge is 0.349 e. The van der Waals surface area contributed by atoms with E-state index in [2.05, 4.69) is 10.3 Å². The molecule has 1 heterocycles. The molecule has 1 aromatic heterocycles. The maximum Gasteiger partial charge on any atom is 0.188 e. The molecule has 0 fully saturated rings. The zero-order chi connectivity index (χ0) is 13.5. The molecule has 0 bridgehead atoms. The lowest BCUT2D eigenvalue weighted by Gasteiger charge is -2.07. The Morgan fingerprint density at radius 3 is 2.63 bits per heavy atom. The van der Waals surface area contributed by atoms with Crippen molar-refractivity contribution in [3.8, 4) is 0 Å². The summed E-state index contributed by atoms with van der Waals surface area (Å²) in [4.78, 5) is 16.1. The minimum atomic E-state index is -0.0126. The maximum atomic E-state index is 12.1. The molecule has 2 aromatic rings. The molecule has 3 nitrogen and oxygen atoms in total. The van der Waals surface area contributed by atoms with E-state index in [0.717, 1.165) is 10.7 Å². The van der Waals surface area contributed by atoms with E-state index in [1.807, 2.05) is 36.6 Å². The molecule has 1 aromatic carbocycles. The Morgan fingerprint density at radius 1 is 1.21 bits per heavy atom. The lowest BCUT2D eigenvalue weighted by atomic mass is 10.1. The van der Waals surface area contributed by atoms with Crippen molar-refractivity contribution in [3.63, 3.8) is 0 Å². The Labute approximate surface area is 116 Å². The minimum Gasteiger partial charge on any atom is -0.349 e. The second-order valence-electron chi connectivity index (χ2n) is 3.81. The number of carbonyl (C=O) groups excluding carboxylic acids is 1. The summed E-state index contributed by atoms with van der Waals surface area (Å²) in [6.45, 7) is 0. The Bertz CT molecular complexity index is 567. The highest BCUT2D eigenvalue weighted by Gasteiger charge is 2.04. The molecule has 0 amide bonds. The van der Waals surface area contributed by atoms with Crippen molar-refractivity contribution in [3.05, 3.63) is 71.5 Å². The highest BCUT2D eigenvalue weighted by molar-refractivity contribution is 8.02. The van der Waals surface area contributed by atoms with Gasteiger partial charge in [-0.2, -0.15) is 0 Å². The van der Waals surface area contributed by atoms with Crippen LogP contribution in [0.4, 0.5) is 5.69 Å². The van der Waals surface area contributed by atoms with Crippen LogP contribution in [0, 0.1) is 0 Å². The first-order valence-electron chi connectivity index (χ1n) is 5.81. The summed E-state index contributed by atoms with van der Waals surface area (Å²) in [7, 11) is 0. The lowest BCUT2D eigenvalue weighted by Crippen LogP contribution is -2.01. The molecular weight excluding hydrogens is 256 g/mol. The predicted octanol–water partition coefficient (Wildman–Crippen LogP) is 3.58. The number of nitrogens with one attached hydrogen (secondary N) is 1. The zero-order valence-electron chi connectivity index (χ0n) is 10.5. The molecule has 0 aliphatic rings. The van der Waals surface area contributed by atoms with Gasteiger partial charge >= 0.3 is 0 Å². The Morgan fingerprint density at radius 2 is 2.00 bits per heavy atom. The van der Waals surface area contributed by atoms with Crippen molar-refractivity contribution in [2.45, 2.75) is 0 Å². The summed E-state index contributed by atoms with van der Waals surface area (Å²) in [6, 6.07) is 13.0. The van der Waals surface area contributed by atoms with Crippen LogP contribution in [0.5, 0.6) is 0 Å². The molecule has 0 spiro atoms. The van der Waals surface area contributed by atoms with Crippen LogP contribution in [-0.2, 0) is 0 Å². The standard InChI is InChI=1S/C15H14N2OS/c1-19-15(17-13-8-5-9-16-11-13)10-14(18)12-6-3-2-4-7-12/h2-11,17H,1H3/b15-10+. The van der Waals surface area contributed by atoms with E-state index in [1.54, 1.807) is 30.6 Å². The van der Waals surface area contributed by atoms with Crippen molar-refractivity contribution in [2.75, 3.05) is 11.6 Å². The highest BCUT2D eigenvalue weighted by Crippen LogP contribution is 2.17. The fourth-order valence-corrected chi connectivity index (χ4v) is 1.97. The van der Waals surface area contributed by atoms with Crippen LogP contribution in [-0.4, -0.2) is 17.0 Å². The average Bonchev–Trinajstić information content (AvgIpc) is 2.48. The van der Waals surface area contributed by atoms with Crippen molar-refractivity contribution in [2.24, 2.45) is 0 Å². The minimum absolute atomic E-state index is 0.0126. The smallest absolute Gasteiger partial charge is 0.188 e. The first-order chi connectivity index (χ1) is 9.29. The van der Waals surface area contributed by atoms with Gasteiger partial charge in [-0.15, -0.1) is 11.8 Å². The van der Waals surface area contributed by atoms with Crippen molar-refractivity contribution in [1.82, 2.24) is 4.98 Å². The number of allylic oxidation sites excluding steroid dienone is 1. The summed E-state index contributed by atoms with van der Waals surface area (Å²) >= 11 is 1.49.